The Hall–Kier alpha value is -0.900. The molecule has 2 N–H and O–H groups in total. The molecule has 0 amide bonds. The molecule has 1 saturated heterocycles. The van der Waals surface area contributed by atoms with Gasteiger partial charge in [0, 0.05) is 43.0 Å². The van der Waals surface area contributed by atoms with Gasteiger partial charge in [-0.25, -0.2) is 9.67 Å². The Balaban J connectivity index is 0.00000182. The van der Waals surface area contributed by atoms with Gasteiger partial charge >= 0.3 is 0 Å². The Labute approximate surface area is 166 Å². The quantitative estimate of drug-likeness (QED) is 0.407. The van der Waals surface area contributed by atoms with Crippen LogP contribution in [-0.2, 0) is 17.7 Å². The Morgan fingerprint density at radius 3 is 3.04 bits per heavy atom. The third-order valence-corrected chi connectivity index (χ3v) is 5.86. The van der Waals surface area contributed by atoms with Crippen LogP contribution in [0.5, 0.6) is 0 Å². The normalized spacial score (nSPS) is 32.8. The summed E-state index contributed by atoms with van der Waals surface area (Å²) in [5.74, 6) is 2.62. The number of halogens is 1. The van der Waals surface area contributed by atoms with E-state index >= 15 is 0 Å². The predicted octanol–water partition coefficient (Wildman–Crippen LogP) is 1.58. The molecule has 2 fully saturated rings. The number of hydrogen-bond acceptors (Lipinski definition) is 4. The first kappa shape index (κ1) is 18.9. The lowest BCUT2D eigenvalue weighted by atomic mass is 9.57. The highest BCUT2D eigenvalue weighted by molar-refractivity contribution is 14.0. The van der Waals surface area contributed by atoms with Crippen LogP contribution in [0.2, 0.25) is 0 Å². The number of ether oxygens (including phenoxy) is 1. The van der Waals surface area contributed by atoms with Crippen LogP contribution < -0.4 is 10.6 Å². The topological polar surface area (TPSA) is 76.4 Å². The average molecular weight is 460 g/mol. The van der Waals surface area contributed by atoms with Crippen LogP contribution in [0.4, 0.5) is 0 Å². The van der Waals surface area contributed by atoms with Crippen LogP contribution in [-0.4, -0.2) is 52.1 Å². The van der Waals surface area contributed by atoms with Gasteiger partial charge in [0.05, 0.1) is 12.6 Å². The van der Waals surface area contributed by atoms with Gasteiger partial charge in [-0.3, -0.25) is 4.99 Å². The van der Waals surface area contributed by atoms with Crippen LogP contribution in [0.25, 0.3) is 0 Å². The second-order valence-corrected chi connectivity index (χ2v) is 7.75. The maximum Gasteiger partial charge on any atom is 0.191 e. The largest absolute Gasteiger partial charge is 0.377 e. The monoisotopic (exact) mass is 460 g/mol. The summed E-state index contributed by atoms with van der Waals surface area (Å²) >= 11 is 0. The molecule has 1 aromatic heterocycles. The van der Waals surface area contributed by atoms with Crippen LogP contribution >= 0.6 is 24.0 Å². The predicted molar refractivity (Wildman–Crippen MR) is 107 cm³/mol. The van der Waals surface area contributed by atoms with Crippen LogP contribution in [0.15, 0.2) is 11.3 Å². The molecule has 4 atom stereocenters. The Morgan fingerprint density at radius 1 is 1.40 bits per heavy atom. The van der Waals surface area contributed by atoms with Crippen molar-refractivity contribution in [3.05, 3.63) is 12.2 Å². The molecule has 140 valence electrons. The van der Waals surface area contributed by atoms with E-state index in [0.29, 0.717) is 24.1 Å². The smallest absolute Gasteiger partial charge is 0.191 e. The number of nitrogens with zero attached hydrogens (tertiary/aromatic N) is 4. The first-order chi connectivity index (χ1) is 11.6. The Bertz CT molecular complexity index is 630. The van der Waals surface area contributed by atoms with Crippen LogP contribution in [0.3, 0.4) is 0 Å². The van der Waals surface area contributed by atoms with E-state index < -0.39 is 0 Å². The van der Waals surface area contributed by atoms with E-state index in [4.69, 9.17) is 4.74 Å². The number of guanidine groups is 1. The third-order valence-electron chi connectivity index (χ3n) is 5.86. The lowest BCUT2D eigenvalue weighted by Crippen LogP contribution is -2.68. The molecule has 0 spiro atoms. The summed E-state index contributed by atoms with van der Waals surface area (Å²) in [4.78, 5) is 8.97. The zero-order valence-corrected chi connectivity index (χ0v) is 17.6. The molecule has 4 rings (SSSR count). The van der Waals surface area contributed by atoms with Gasteiger partial charge in [-0.1, -0.05) is 13.8 Å². The van der Waals surface area contributed by atoms with E-state index in [1.54, 1.807) is 6.33 Å². The molecular formula is C17H29IN6O. The lowest BCUT2D eigenvalue weighted by Gasteiger charge is -2.55. The van der Waals surface area contributed by atoms with Crippen molar-refractivity contribution in [2.24, 2.45) is 16.3 Å². The maximum absolute atomic E-state index is 5.90. The molecule has 2 aliphatic heterocycles. The van der Waals surface area contributed by atoms with Gasteiger partial charge < -0.3 is 15.4 Å². The van der Waals surface area contributed by atoms with Gasteiger partial charge in [0.1, 0.15) is 12.2 Å². The van der Waals surface area contributed by atoms with E-state index in [9.17, 15) is 0 Å². The summed E-state index contributed by atoms with van der Waals surface area (Å²) in [7, 11) is 0. The van der Waals surface area contributed by atoms with E-state index in [2.05, 4.69) is 46.5 Å². The van der Waals surface area contributed by atoms with E-state index in [0.717, 1.165) is 50.7 Å². The van der Waals surface area contributed by atoms with Crippen LogP contribution in [0, 0.1) is 11.3 Å². The molecular weight excluding hydrogens is 431 g/mol. The number of nitrogens with one attached hydrogen (secondary N) is 2. The summed E-state index contributed by atoms with van der Waals surface area (Å²) in [6.45, 7) is 9.18. The fraction of sp³-hybridized carbons (Fsp3) is 0.824. The Kier molecular flexibility index (Phi) is 5.57. The highest BCUT2D eigenvalue weighted by Crippen LogP contribution is 2.52. The molecule has 8 heteroatoms. The molecule has 4 unspecified atom stereocenters. The lowest BCUT2D eigenvalue weighted by molar-refractivity contribution is -0.106. The minimum absolute atomic E-state index is 0. The second-order valence-electron chi connectivity index (χ2n) is 7.75. The number of fused-ring (bicyclic) bond motifs is 2. The highest BCUT2D eigenvalue weighted by atomic mass is 127. The summed E-state index contributed by atoms with van der Waals surface area (Å²) < 4.78 is 7.90. The van der Waals surface area contributed by atoms with Crippen molar-refractivity contribution in [1.29, 1.82) is 0 Å². The van der Waals surface area contributed by atoms with Crippen molar-refractivity contribution in [2.45, 2.75) is 64.8 Å². The number of hydrogen-bond donors (Lipinski definition) is 2. The molecule has 3 aliphatic rings. The van der Waals surface area contributed by atoms with Crippen molar-refractivity contribution in [2.75, 3.05) is 13.2 Å². The van der Waals surface area contributed by atoms with Gasteiger partial charge in [-0.05, 0) is 19.8 Å². The fourth-order valence-electron chi connectivity index (χ4n) is 4.60. The Morgan fingerprint density at radius 2 is 2.24 bits per heavy atom. The second kappa shape index (κ2) is 7.38. The molecule has 0 aromatic carbocycles. The highest BCUT2D eigenvalue weighted by Gasteiger charge is 2.59. The van der Waals surface area contributed by atoms with E-state index in [-0.39, 0.29) is 29.4 Å². The van der Waals surface area contributed by atoms with Gasteiger partial charge in [0.15, 0.2) is 5.96 Å². The van der Waals surface area contributed by atoms with Gasteiger partial charge in [-0.2, -0.15) is 5.10 Å². The van der Waals surface area contributed by atoms with Gasteiger partial charge in [0.25, 0.3) is 0 Å². The molecule has 0 bridgehead atoms. The summed E-state index contributed by atoms with van der Waals surface area (Å²) in [5.41, 5.74) is 0.156. The van der Waals surface area contributed by atoms with Crippen molar-refractivity contribution in [1.82, 2.24) is 25.4 Å². The molecule has 0 radical (unpaired) electrons. The molecule has 7 nitrogen and oxygen atoms in total. The zero-order valence-electron chi connectivity index (χ0n) is 15.2. The molecule has 1 aromatic rings. The standard InChI is InChI=1S/C17H28N6O.HI/c1-4-18-16(21-11-5-6-13-19-10-20-23(13)9-11)22-14-12-7-8-24-15(12)17(14,2)3;/h10-12,14-15H,4-9H2,1-3H3,(H2,18,21,22);1H. The minimum Gasteiger partial charge on any atom is -0.377 e. The van der Waals surface area contributed by atoms with Crippen LogP contribution in [0.1, 0.15) is 39.4 Å². The molecule has 3 heterocycles. The van der Waals surface area contributed by atoms with Gasteiger partial charge in [-0.15, -0.1) is 24.0 Å². The summed E-state index contributed by atoms with van der Waals surface area (Å²) in [6, 6.07) is 0.768. The third kappa shape index (κ3) is 3.39. The number of aliphatic imine (C=N–C) groups is 1. The minimum atomic E-state index is 0. The number of aromatic nitrogens is 3. The van der Waals surface area contributed by atoms with Crippen molar-refractivity contribution in [3.63, 3.8) is 0 Å². The van der Waals surface area contributed by atoms with Crippen molar-refractivity contribution >= 4 is 29.9 Å². The van der Waals surface area contributed by atoms with Gasteiger partial charge in [0.2, 0.25) is 0 Å². The van der Waals surface area contributed by atoms with Crippen molar-refractivity contribution < 1.29 is 4.74 Å². The zero-order chi connectivity index (χ0) is 16.7. The first-order valence-corrected chi connectivity index (χ1v) is 9.15. The fourth-order valence-corrected chi connectivity index (χ4v) is 4.60. The van der Waals surface area contributed by atoms with E-state index in [1.807, 2.05) is 4.68 Å². The van der Waals surface area contributed by atoms with E-state index in [1.165, 1.54) is 0 Å². The average Bonchev–Trinajstić information content (AvgIpc) is 3.20. The molecule has 1 saturated carbocycles. The maximum atomic E-state index is 5.90. The van der Waals surface area contributed by atoms with Crippen molar-refractivity contribution in [3.8, 4) is 0 Å². The number of rotatable bonds is 3. The summed E-state index contributed by atoms with van der Waals surface area (Å²) in [5, 5.41) is 11.6. The molecule has 25 heavy (non-hydrogen) atoms. The summed E-state index contributed by atoms with van der Waals surface area (Å²) in [6.07, 6.45) is 5.22. The molecule has 1 aliphatic carbocycles. The SMILES string of the molecule is CCN=C(NC1CCc2ncnn2C1)NC1C2CCOC2C1(C)C.I. The number of aryl methyl sites for hydroxylation is 1. The first-order valence-electron chi connectivity index (χ1n) is 9.15.